The standard InChI is InChI=1S/C22H27N3O5S/c1-29-16-15-25-18-11-13-24(22(26)23-17-7-3-2-4-8-17)14-12-19(18)30-20-9-5-6-10-21(20)31(25,27)28/h2-10,18-19H,11-16H2,1H3,(H,23,26)/t18-,19-/m0/s1. The molecule has 2 amide bonds. The molecule has 2 aliphatic heterocycles. The van der Waals surface area contributed by atoms with Gasteiger partial charge < -0.3 is 19.7 Å². The number of methoxy groups -OCH3 is 1. The van der Waals surface area contributed by atoms with Crippen LogP contribution in [0.4, 0.5) is 10.5 Å². The van der Waals surface area contributed by atoms with Crippen LogP contribution < -0.4 is 10.1 Å². The third-order valence-corrected chi connectivity index (χ3v) is 7.68. The number of hydrogen-bond donors (Lipinski definition) is 1. The van der Waals surface area contributed by atoms with E-state index in [0.717, 1.165) is 5.69 Å². The fourth-order valence-electron chi connectivity index (χ4n) is 4.15. The van der Waals surface area contributed by atoms with Crippen LogP contribution in [0.3, 0.4) is 0 Å². The van der Waals surface area contributed by atoms with Gasteiger partial charge in [-0.2, -0.15) is 4.31 Å². The third-order valence-electron chi connectivity index (χ3n) is 5.72. The van der Waals surface area contributed by atoms with Crippen molar-refractivity contribution in [2.75, 3.05) is 38.7 Å². The Morgan fingerprint density at radius 1 is 1.10 bits per heavy atom. The van der Waals surface area contributed by atoms with Crippen molar-refractivity contribution >= 4 is 21.7 Å². The summed E-state index contributed by atoms with van der Waals surface area (Å²) in [4.78, 5) is 14.7. The molecule has 0 radical (unpaired) electrons. The molecule has 0 saturated carbocycles. The van der Waals surface area contributed by atoms with E-state index in [1.54, 1.807) is 36.3 Å². The first kappa shape index (κ1) is 21.6. The number of fused-ring (bicyclic) bond motifs is 2. The number of hydrogen-bond acceptors (Lipinski definition) is 5. The van der Waals surface area contributed by atoms with Crippen molar-refractivity contribution in [3.05, 3.63) is 54.6 Å². The first-order valence-corrected chi connectivity index (χ1v) is 11.8. The van der Waals surface area contributed by atoms with Crippen LogP contribution in [0.5, 0.6) is 5.75 Å². The van der Waals surface area contributed by atoms with Gasteiger partial charge in [0.05, 0.1) is 12.6 Å². The molecule has 2 aromatic rings. The molecular weight excluding hydrogens is 418 g/mol. The van der Waals surface area contributed by atoms with Crippen LogP contribution in [0.25, 0.3) is 0 Å². The molecule has 0 spiro atoms. The lowest BCUT2D eigenvalue weighted by molar-refractivity contribution is 0.0958. The average Bonchev–Trinajstić information content (AvgIpc) is 3.02. The molecular formula is C22H27N3O5S. The van der Waals surface area contributed by atoms with Crippen LogP contribution in [0, 0.1) is 0 Å². The number of likely N-dealkylation sites (tertiary alicyclic amines) is 1. The molecule has 2 atom stereocenters. The maximum atomic E-state index is 13.5. The highest BCUT2D eigenvalue weighted by molar-refractivity contribution is 7.89. The van der Waals surface area contributed by atoms with Gasteiger partial charge in [0.15, 0.2) is 0 Å². The number of carbonyl (C=O) groups excluding carboxylic acids is 1. The zero-order valence-corrected chi connectivity index (χ0v) is 18.3. The number of nitrogens with one attached hydrogen (secondary N) is 1. The molecule has 9 heteroatoms. The van der Waals surface area contributed by atoms with Gasteiger partial charge in [-0.3, -0.25) is 0 Å². The maximum Gasteiger partial charge on any atom is 0.321 e. The molecule has 1 saturated heterocycles. The van der Waals surface area contributed by atoms with E-state index in [1.165, 1.54) is 4.31 Å². The summed E-state index contributed by atoms with van der Waals surface area (Å²) in [7, 11) is -2.20. The Labute approximate surface area is 182 Å². The summed E-state index contributed by atoms with van der Waals surface area (Å²) >= 11 is 0. The van der Waals surface area contributed by atoms with Crippen molar-refractivity contribution in [2.24, 2.45) is 0 Å². The fourth-order valence-corrected chi connectivity index (χ4v) is 5.94. The molecule has 2 heterocycles. The maximum absolute atomic E-state index is 13.5. The van der Waals surface area contributed by atoms with Crippen molar-refractivity contribution in [3.8, 4) is 5.75 Å². The quantitative estimate of drug-likeness (QED) is 0.782. The summed E-state index contributed by atoms with van der Waals surface area (Å²) in [6, 6.07) is 15.4. The third kappa shape index (κ3) is 4.53. The SMILES string of the molecule is COCCN1[C@H]2CCN(C(=O)Nc3ccccc3)CC[C@@H]2Oc2ccccc2S1(=O)=O. The van der Waals surface area contributed by atoms with Gasteiger partial charge in [0.1, 0.15) is 16.7 Å². The number of benzene rings is 2. The number of ether oxygens (including phenoxy) is 2. The summed E-state index contributed by atoms with van der Waals surface area (Å²) in [6.07, 6.45) is 0.647. The summed E-state index contributed by atoms with van der Waals surface area (Å²) in [5, 5.41) is 2.90. The van der Waals surface area contributed by atoms with Crippen LogP contribution in [-0.4, -0.2) is 69.2 Å². The fraction of sp³-hybridized carbons (Fsp3) is 0.409. The Hall–Kier alpha value is -2.62. The van der Waals surface area contributed by atoms with Crippen molar-refractivity contribution in [2.45, 2.75) is 29.9 Å². The Balaban J connectivity index is 1.58. The Kier molecular flexibility index (Phi) is 6.45. The molecule has 2 aliphatic rings. The molecule has 0 bridgehead atoms. The van der Waals surface area contributed by atoms with Crippen molar-refractivity contribution in [1.82, 2.24) is 9.21 Å². The van der Waals surface area contributed by atoms with E-state index < -0.39 is 10.0 Å². The normalized spacial score (nSPS) is 22.9. The number of nitrogens with zero attached hydrogens (tertiary/aromatic N) is 2. The van der Waals surface area contributed by atoms with Gasteiger partial charge in [0.25, 0.3) is 0 Å². The Bertz CT molecular complexity index is 1010. The Morgan fingerprint density at radius 3 is 2.58 bits per heavy atom. The number of para-hydroxylation sites is 2. The van der Waals surface area contributed by atoms with Gasteiger partial charge in [-0.05, 0) is 30.7 Å². The number of rotatable bonds is 4. The summed E-state index contributed by atoms with van der Waals surface area (Å²) in [5.41, 5.74) is 0.723. The first-order chi connectivity index (χ1) is 15.0. The van der Waals surface area contributed by atoms with Gasteiger partial charge >= 0.3 is 6.03 Å². The number of carbonyl (C=O) groups is 1. The van der Waals surface area contributed by atoms with E-state index in [-0.39, 0.29) is 36.2 Å². The monoisotopic (exact) mass is 445 g/mol. The highest BCUT2D eigenvalue weighted by Gasteiger charge is 2.43. The van der Waals surface area contributed by atoms with Crippen LogP contribution in [0.15, 0.2) is 59.5 Å². The second kappa shape index (κ2) is 9.25. The second-order valence-electron chi connectivity index (χ2n) is 7.64. The lowest BCUT2D eigenvalue weighted by Gasteiger charge is -2.31. The van der Waals surface area contributed by atoms with Gasteiger partial charge in [0, 0.05) is 38.9 Å². The first-order valence-electron chi connectivity index (χ1n) is 10.4. The molecule has 0 unspecified atom stereocenters. The number of sulfonamides is 1. The van der Waals surface area contributed by atoms with Crippen molar-refractivity contribution in [3.63, 3.8) is 0 Å². The van der Waals surface area contributed by atoms with Crippen LogP contribution in [-0.2, 0) is 14.8 Å². The molecule has 8 nitrogen and oxygen atoms in total. The molecule has 0 aromatic heterocycles. The van der Waals surface area contributed by atoms with Crippen LogP contribution >= 0.6 is 0 Å². The molecule has 166 valence electrons. The highest BCUT2D eigenvalue weighted by Crippen LogP contribution is 2.36. The van der Waals surface area contributed by atoms with Crippen molar-refractivity contribution in [1.29, 1.82) is 0 Å². The minimum atomic E-state index is -3.76. The van der Waals surface area contributed by atoms with E-state index in [9.17, 15) is 13.2 Å². The minimum Gasteiger partial charge on any atom is -0.487 e. The predicted molar refractivity (Wildman–Crippen MR) is 117 cm³/mol. The predicted octanol–water partition coefficient (Wildman–Crippen LogP) is 2.78. The zero-order valence-electron chi connectivity index (χ0n) is 17.4. The molecule has 2 aromatic carbocycles. The number of anilines is 1. The van der Waals surface area contributed by atoms with Gasteiger partial charge in [-0.25, -0.2) is 13.2 Å². The van der Waals surface area contributed by atoms with E-state index in [4.69, 9.17) is 9.47 Å². The van der Waals surface area contributed by atoms with E-state index in [0.29, 0.717) is 31.7 Å². The summed E-state index contributed by atoms with van der Waals surface area (Å²) < 4.78 is 39.8. The van der Waals surface area contributed by atoms with Gasteiger partial charge in [-0.1, -0.05) is 30.3 Å². The summed E-state index contributed by atoms with van der Waals surface area (Å²) in [6.45, 7) is 1.41. The van der Waals surface area contributed by atoms with E-state index in [1.807, 2.05) is 30.3 Å². The summed E-state index contributed by atoms with van der Waals surface area (Å²) in [5.74, 6) is 0.361. The molecule has 1 fully saturated rings. The van der Waals surface area contributed by atoms with E-state index >= 15 is 0 Å². The number of amides is 2. The smallest absolute Gasteiger partial charge is 0.321 e. The van der Waals surface area contributed by atoms with Gasteiger partial charge in [0.2, 0.25) is 10.0 Å². The van der Waals surface area contributed by atoms with E-state index in [2.05, 4.69) is 5.32 Å². The van der Waals surface area contributed by atoms with Crippen LogP contribution in [0.1, 0.15) is 12.8 Å². The second-order valence-corrected chi connectivity index (χ2v) is 9.50. The highest BCUT2D eigenvalue weighted by atomic mass is 32.2. The zero-order chi connectivity index (χ0) is 21.8. The number of urea groups is 1. The van der Waals surface area contributed by atoms with Gasteiger partial charge in [-0.15, -0.1) is 0 Å². The minimum absolute atomic E-state index is 0.179. The largest absolute Gasteiger partial charge is 0.487 e. The lowest BCUT2D eigenvalue weighted by Crippen LogP contribution is -2.48. The molecule has 4 rings (SSSR count). The van der Waals surface area contributed by atoms with Crippen molar-refractivity contribution < 1.29 is 22.7 Å². The molecule has 0 aliphatic carbocycles. The Morgan fingerprint density at radius 2 is 1.81 bits per heavy atom. The van der Waals surface area contributed by atoms with Crippen LogP contribution in [0.2, 0.25) is 0 Å². The molecule has 31 heavy (non-hydrogen) atoms. The molecule has 1 N–H and O–H groups in total. The topological polar surface area (TPSA) is 88.2 Å². The average molecular weight is 446 g/mol. The lowest BCUT2D eigenvalue weighted by atomic mass is 10.1.